The lowest BCUT2D eigenvalue weighted by Crippen LogP contribution is -2.46. The Balaban J connectivity index is 2.01. The predicted molar refractivity (Wildman–Crippen MR) is 103 cm³/mol. The van der Waals surface area contributed by atoms with E-state index in [1.165, 1.54) is 27.8 Å². The van der Waals surface area contributed by atoms with E-state index in [1.807, 2.05) is 0 Å². The molecule has 0 amide bonds. The largest absolute Gasteiger partial charge is 0.495 e. The molecule has 2 heteroatoms. The van der Waals surface area contributed by atoms with Crippen molar-refractivity contribution in [2.24, 2.45) is 0 Å². The van der Waals surface area contributed by atoms with Crippen LogP contribution in [0, 0.1) is 0 Å². The van der Waals surface area contributed by atoms with E-state index in [-0.39, 0.29) is 5.54 Å². The van der Waals surface area contributed by atoms with E-state index >= 15 is 0 Å². The Labute approximate surface area is 150 Å². The number of hydrogen-bond acceptors (Lipinski definition) is 2. The van der Waals surface area contributed by atoms with Gasteiger partial charge in [-0.15, -0.1) is 0 Å². The van der Waals surface area contributed by atoms with Crippen molar-refractivity contribution >= 4 is 5.57 Å². The Bertz CT molecular complexity index is 847. The summed E-state index contributed by atoms with van der Waals surface area (Å²) < 4.78 is 6.22. The summed E-state index contributed by atoms with van der Waals surface area (Å²) in [5, 5.41) is 0. The number of nitrogens with zero attached hydrogens (tertiary/aromatic N) is 1. The number of ether oxygens (including phenoxy) is 1. The predicted octanol–water partition coefficient (Wildman–Crippen LogP) is 4.78. The number of hydrogen-bond donors (Lipinski definition) is 0. The first kappa shape index (κ1) is 16.2. The highest BCUT2D eigenvalue weighted by Crippen LogP contribution is 2.55. The molecule has 4 rings (SSSR count). The third-order valence-corrected chi connectivity index (χ3v) is 5.50. The summed E-state index contributed by atoms with van der Waals surface area (Å²) in [6.07, 6.45) is 4.42. The van der Waals surface area contributed by atoms with Crippen LogP contribution >= 0.6 is 0 Å². The van der Waals surface area contributed by atoms with Crippen molar-refractivity contribution in [1.82, 2.24) is 4.90 Å². The van der Waals surface area contributed by atoms with Gasteiger partial charge in [0.15, 0.2) is 0 Å². The van der Waals surface area contributed by atoms with E-state index in [0.717, 1.165) is 18.6 Å². The number of likely N-dealkylation sites (N-methyl/N-ethyl adjacent to an activating group) is 1. The maximum absolute atomic E-state index is 6.22. The SMILES string of the molecule is CCOC1=CC(c2ccccc2)=C2CCc3ccccc3C12N(C)C. The first-order chi connectivity index (χ1) is 12.2. The molecule has 0 aliphatic heterocycles. The van der Waals surface area contributed by atoms with Gasteiger partial charge in [0.1, 0.15) is 11.3 Å². The molecule has 1 atom stereocenters. The standard InChI is InChI=1S/C23H25NO/c1-4-25-22-16-19(17-10-6-5-7-11-17)21-15-14-18-12-8-9-13-20(18)23(21,22)24(2)3/h5-13,16H,4,14-15H2,1-3H3. The third kappa shape index (κ3) is 2.28. The van der Waals surface area contributed by atoms with Crippen LogP contribution in [-0.2, 0) is 16.7 Å². The van der Waals surface area contributed by atoms with Crippen molar-refractivity contribution in [2.75, 3.05) is 20.7 Å². The van der Waals surface area contributed by atoms with Gasteiger partial charge in [0.25, 0.3) is 0 Å². The van der Waals surface area contributed by atoms with Crippen LogP contribution < -0.4 is 0 Å². The van der Waals surface area contributed by atoms with E-state index < -0.39 is 0 Å². The van der Waals surface area contributed by atoms with Crippen LogP contribution in [-0.4, -0.2) is 25.6 Å². The van der Waals surface area contributed by atoms with E-state index in [9.17, 15) is 0 Å². The van der Waals surface area contributed by atoms with E-state index in [2.05, 4.69) is 86.6 Å². The van der Waals surface area contributed by atoms with Gasteiger partial charge in [0.05, 0.1) is 6.61 Å². The number of aryl methyl sites for hydroxylation is 1. The normalized spacial score (nSPS) is 21.8. The van der Waals surface area contributed by atoms with Gasteiger partial charge < -0.3 is 4.74 Å². The molecule has 0 heterocycles. The molecule has 0 N–H and O–H groups in total. The first-order valence-electron chi connectivity index (χ1n) is 9.09. The monoisotopic (exact) mass is 331 g/mol. The average molecular weight is 331 g/mol. The minimum absolute atomic E-state index is 0.282. The average Bonchev–Trinajstić information content (AvgIpc) is 2.99. The van der Waals surface area contributed by atoms with Gasteiger partial charge >= 0.3 is 0 Å². The number of rotatable bonds is 4. The molecule has 2 aliphatic carbocycles. The molecule has 0 saturated carbocycles. The van der Waals surface area contributed by atoms with Crippen LogP contribution in [0.15, 0.2) is 72.0 Å². The van der Waals surface area contributed by atoms with Gasteiger partial charge in [0.2, 0.25) is 0 Å². The molecule has 128 valence electrons. The Morgan fingerprint density at radius 2 is 1.68 bits per heavy atom. The second kappa shape index (κ2) is 6.20. The molecule has 1 unspecified atom stereocenters. The Hall–Kier alpha value is -2.32. The smallest absolute Gasteiger partial charge is 0.126 e. The lowest BCUT2D eigenvalue weighted by Gasteiger charge is -2.45. The minimum atomic E-state index is -0.282. The van der Waals surface area contributed by atoms with Crippen LogP contribution in [0.25, 0.3) is 5.57 Å². The lowest BCUT2D eigenvalue weighted by molar-refractivity contribution is 0.109. The number of fused-ring (bicyclic) bond motifs is 3. The molecule has 2 nitrogen and oxygen atoms in total. The second-order valence-electron chi connectivity index (χ2n) is 6.96. The molecule has 2 aromatic carbocycles. The van der Waals surface area contributed by atoms with Gasteiger partial charge in [0, 0.05) is 0 Å². The Kier molecular flexibility index (Phi) is 4.01. The Morgan fingerprint density at radius 1 is 0.960 bits per heavy atom. The highest BCUT2D eigenvalue weighted by molar-refractivity contribution is 5.85. The van der Waals surface area contributed by atoms with Gasteiger partial charge in [-0.3, -0.25) is 4.90 Å². The van der Waals surface area contributed by atoms with Crippen LogP contribution in [0.2, 0.25) is 0 Å². The summed E-state index contributed by atoms with van der Waals surface area (Å²) in [7, 11) is 4.34. The van der Waals surface area contributed by atoms with Gasteiger partial charge in [-0.1, -0.05) is 54.6 Å². The summed E-state index contributed by atoms with van der Waals surface area (Å²) in [5.41, 5.74) is 6.58. The molecule has 25 heavy (non-hydrogen) atoms. The summed E-state index contributed by atoms with van der Waals surface area (Å²) in [4.78, 5) is 2.33. The number of allylic oxidation sites excluding steroid dienone is 2. The second-order valence-corrected chi connectivity index (χ2v) is 6.96. The zero-order valence-electron chi connectivity index (χ0n) is 15.3. The number of benzene rings is 2. The van der Waals surface area contributed by atoms with Gasteiger partial charge in [-0.05, 0) is 67.8 Å². The summed E-state index contributed by atoms with van der Waals surface area (Å²) in [5.74, 6) is 1.06. The molecule has 0 spiro atoms. The zero-order chi connectivity index (χ0) is 17.4. The van der Waals surface area contributed by atoms with Gasteiger partial charge in [-0.2, -0.15) is 0 Å². The van der Waals surface area contributed by atoms with E-state index in [1.54, 1.807) is 0 Å². The maximum atomic E-state index is 6.22. The van der Waals surface area contributed by atoms with Crippen LogP contribution in [0.4, 0.5) is 0 Å². The molecular formula is C23H25NO. The van der Waals surface area contributed by atoms with Crippen molar-refractivity contribution in [2.45, 2.75) is 25.3 Å². The third-order valence-electron chi connectivity index (χ3n) is 5.50. The Morgan fingerprint density at radius 3 is 2.40 bits per heavy atom. The fraction of sp³-hybridized carbons (Fsp3) is 0.304. The van der Waals surface area contributed by atoms with Crippen LogP contribution in [0.3, 0.4) is 0 Å². The highest BCUT2D eigenvalue weighted by atomic mass is 16.5. The molecule has 0 fully saturated rings. The van der Waals surface area contributed by atoms with Crippen molar-refractivity contribution < 1.29 is 4.74 Å². The van der Waals surface area contributed by atoms with Crippen molar-refractivity contribution in [3.8, 4) is 0 Å². The molecule has 0 aromatic heterocycles. The van der Waals surface area contributed by atoms with Gasteiger partial charge in [-0.25, -0.2) is 0 Å². The van der Waals surface area contributed by atoms with Crippen LogP contribution in [0.5, 0.6) is 0 Å². The van der Waals surface area contributed by atoms with Crippen LogP contribution in [0.1, 0.15) is 30.0 Å². The molecule has 2 aromatic rings. The summed E-state index contributed by atoms with van der Waals surface area (Å²) in [6.45, 7) is 2.75. The fourth-order valence-electron chi connectivity index (χ4n) is 4.54. The topological polar surface area (TPSA) is 12.5 Å². The van der Waals surface area contributed by atoms with Crippen molar-refractivity contribution in [1.29, 1.82) is 0 Å². The quantitative estimate of drug-likeness (QED) is 0.799. The minimum Gasteiger partial charge on any atom is -0.495 e. The van der Waals surface area contributed by atoms with Crippen molar-refractivity contribution in [3.63, 3.8) is 0 Å². The molecule has 0 saturated heterocycles. The molecule has 0 bridgehead atoms. The molecular weight excluding hydrogens is 306 g/mol. The summed E-state index contributed by atoms with van der Waals surface area (Å²) >= 11 is 0. The zero-order valence-corrected chi connectivity index (χ0v) is 15.3. The van der Waals surface area contributed by atoms with E-state index in [0.29, 0.717) is 6.61 Å². The lowest BCUT2D eigenvalue weighted by atomic mass is 9.72. The maximum Gasteiger partial charge on any atom is 0.126 e. The summed E-state index contributed by atoms with van der Waals surface area (Å²) in [6, 6.07) is 19.5. The van der Waals surface area contributed by atoms with Crippen molar-refractivity contribution in [3.05, 3.63) is 88.7 Å². The fourth-order valence-corrected chi connectivity index (χ4v) is 4.54. The highest BCUT2D eigenvalue weighted by Gasteiger charge is 2.51. The first-order valence-corrected chi connectivity index (χ1v) is 9.09. The van der Waals surface area contributed by atoms with E-state index in [4.69, 9.17) is 4.74 Å². The molecule has 2 aliphatic rings. The molecule has 0 radical (unpaired) electrons.